The number of rotatable bonds is 3. The summed E-state index contributed by atoms with van der Waals surface area (Å²) in [6.45, 7) is 1.15. The molecule has 1 aliphatic heterocycles. The Balaban J connectivity index is 2.33. The maximum Gasteiger partial charge on any atom is 0.139 e. The predicted octanol–water partition coefficient (Wildman–Crippen LogP) is 2.22. The summed E-state index contributed by atoms with van der Waals surface area (Å²) in [5.74, 6) is 0.673. The van der Waals surface area contributed by atoms with Crippen LogP contribution in [0.4, 0.5) is 0 Å². The first kappa shape index (κ1) is 10.7. The molecule has 0 N–H and O–H groups in total. The Morgan fingerprint density at radius 1 is 1.33 bits per heavy atom. The molecule has 0 atom stereocenters. The highest BCUT2D eigenvalue weighted by atomic mass is 35.5. The number of benzene rings is 1. The average molecular weight is 229 g/mol. The lowest BCUT2D eigenvalue weighted by atomic mass is 9.92. The lowest BCUT2D eigenvalue weighted by Gasteiger charge is -2.40. The van der Waals surface area contributed by atoms with E-state index in [4.69, 9.17) is 25.8 Å². The third-order valence-corrected chi connectivity index (χ3v) is 3.03. The van der Waals surface area contributed by atoms with E-state index in [1.54, 1.807) is 14.2 Å². The number of halogens is 1. The molecule has 1 fully saturated rings. The smallest absolute Gasteiger partial charge is 0.139 e. The molecule has 0 radical (unpaired) electrons. The standard InChI is InChI=1S/C11H13ClO3/c1-13-10-4-3-8(5-9(10)12)11(14-2)6-15-7-11/h3-5H,6-7H2,1-2H3. The Labute approximate surface area is 93.9 Å². The van der Waals surface area contributed by atoms with Crippen LogP contribution in [0.1, 0.15) is 5.56 Å². The van der Waals surface area contributed by atoms with Crippen LogP contribution in [0.2, 0.25) is 5.02 Å². The van der Waals surface area contributed by atoms with E-state index in [2.05, 4.69) is 0 Å². The first-order valence-corrected chi connectivity index (χ1v) is 5.06. The highest BCUT2D eigenvalue weighted by molar-refractivity contribution is 6.32. The summed E-state index contributed by atoms with van der Waals surface area (Å²) in [6, 6.07) is 5.67. The van der Waals surface area contributed by atoms with Crippen molar-refractivity contribution < 1.29 is 14.2 Å². The summed E-state index contributed by atoms with van der Waals surface area (Å²) in [7, 11) is 3.28. The van der Waals surface area contributed by atoms with Gasteiger partial charge in [0.25, 0.3) is 0 Å². The van der Waals surface area contributed by atoms with Crippen molar-refractivity contribution in [2.24, 2.45) is 0 Å². The topological polar surface area (TPSA) is 27.7 Å². The van der Waals surface area contributed by atoms with Crippen LogP contribution in [-0.4, -0.2) is 27.4 Å². The minimum Gasteiger partial charge on any atom is -0.495 e. The lowest BCUT2D eigenvalue weighted by Crippen LogP contribution is -2.48. The van der Waals surface area contributed by atoms with Gasteiger partial charge in [0.05, 0.1) is 25.3 Å². The first-order valence-electron chi connectivity index (χ1n) is 4.69. The molecule has 0 unspecified atom stereocenters. The van der Waals surface area contributed by atoms with Crippen molar-refractivity contribution in [2.45, 2.75) is 5.60 Å². The van der Waals surface area contributed by atoms with Gasteiger partial charge in [0.2, 0.25) is 0 Å². The number of hydrogen-bond donors (Lipinski definition) is 0. The molecule has 2 rings (SSSR count). The Morgan fingerprint density at radius 2 is 2.07 bits per heavy atom. The van der Waals surface area contributed by atoms with E-state index in [-0.39, 0.29) is 5.60 Å². The second-order valence-corrected chi connectivity index (χ2v) is 3.95. The molecule has 3 nitrogen and oxygen atoms in total. The summed E-state index contributed by atoms with van der Waals surface area (Å²) in [4.78, 5) is 0. The van der Waals surface area contributed by atoms with Crippen molar-refractivity contribution in [1.82, 2.24) is 0 Å². The van der Waals surface area contributed by atoms with E-state index < -0.39 is 0 Å². The van der Waals surface area contributed by atoms with Gasteiger partial charge in [-0.05, 0) is 17.7 Å². The van der Waals surface area contributed by atoms with Gasteiger partial charge in [0.15, 0.2) is 0 Å². The Kier molecular flexibility index (Phi) is 2.87. The van der Waals surface area contributed by atoms with Gasteiger partial charge in [0.1, 0.15) is 11.4 Å². The second kappa shape index (κ2) is 4.00. The van der Waals surface area contributed by atoms with Crippen molar-refractivity contribution in [3.8, 4) is 5.75 Å². The van der Waals surface area contributed by atoms with Crippen molar-refractivity contribution >= 4 is 11.6 Å². The van der Waals surface area contributed by atoms with Crippen molar-refractivity contribution in [3.05, 3.63) is 28.8 Å². The minimum atomic E-state index is -0.324. The molecule has 1 saturated heterocycles. The average Bonchev–Trinajstić information content (AvgIpc) is 2.17. The third kappa shape index (κ3) is 1.71. The van der Waals surface area contributed by atoms with Gasteiger partial charge in [-0.2, -0.15) is 0 Å². The Hall–Kier alpha value is -0.770. The zero-order valence-electron chi connectivity index (χ0n) is 8.75. The van der Waals surface area contributed by atoms with Crippen LogP contribution in [0, 0.1) is 0 Å². The monoisotopic (exact) mass is 228 g/mol. The van der Waals surface area contributed by atoms with Crippen molar-refractivity contribution in [1.29, 1.82) is 0 Å². The van der Waals surface area contributed by atoms with Crippen molar-refractivity contribution in [3.63, 3.8) is 0 Å². The van der Waals surface area contributed by atoms with Crippen LogP contribution in [0.3, 0.4) is 0 Å². The fraction of sp³-hybridized carbons (Fsp3) is 0.455. The van der Waals surface area contributed by atoms with Crippen LogP contribution >= 0.6 is 11.6 Å². The zero-order valence-corrected chi connectivity index (χ0v) is 9.50. The molecule has 0 saturated carbocycles. The van der Waals surface area contributed by atoms with Gasteiger partial charge < -0.3 is 14.2 Å². The van der Waals surface area contributed by atoms with E-state index in [1.807, 2.05) is 18.2 Å². The second-order valence-electron chi connectivity index (χ2n) is 3.54. The Morgan fingerprint density at radius 3 is 2.47 bits per heavy atom. The molecule has 82 valence electrons. The van der Waals surface area contributed by atoms with Crippen LogP contribution in [0.5, 0.6) is 5.75 Å². The van der Waals surface area contributed by atoms with Gasteiger partial charge in [-0.1, -0.05) is 17.7 Å². The lowest BCUT2D eigenvalue weighted by molar-refractivity contribution is -0.202. The molecule has 1 heterocycles. The highest BCUT2D eigenvalue weighted by Crippen LogP contribution is 2.36. The largest absolute Gasteiger partial charge is 0.495 e. The summed E-state index contributed by atoms with van der Waals surface area (Å²) in [5.41, 5.74) is 0.706. The molecular formula is C11H13ClO3. The van der Waals surface area contributed by atoms with E-state index >= 15 is 0 Å². The fourth-order valence-corrected chi connectivity index (χ4v) is 1.90. The SMILES string of the molecule is COc1ccc(C2(OC)COC2)cc1Cl. The minimum absolute atomic E-state index is 0.324. The maximum absolute atomic E-state index is 6.05. The zero-order chi connectivity index (χ0) is 10.9. The molecule has 0 aliphatic carbocycles. The predicted molar refractivity (Wildman–Crippen MR) is 57.5 cm³/mol. The molecule has 0 amide bonds. The van der Waals surface area contributed by atoms with E-state index in [0.717, 1.165) is 5.56 Å². The highest BCUT2D eigenvalue weighted by Gasteiger charge is 2.40. The van der Waals surface area contributed by atoms with Crippen LogP contribution in [0.15, 0.2) is 18.2 Å². The molecule has 15 heavy (non-hydrogen) atoms. The molecule has 1 aliphatic rings. The summed E-state index contributed by atoms with van der Waals surface area (Å²) in [6.07, 6.45) is 0. The molecule has 1 aromatic rings. The van der Waals surface area contributed by atoms with Gasteiger partial charge in [0, 0.05) is 7.11 Å². The summed E-state index contributed by atoms with van der Waals surface area (Å²) in [5, 5.41) is 0.596. The van der Waals surface area contributed by atoms with Gasteiger partial charge in [-0.25, -0.2) is 0 Å². The Bertz CT molecular complexity index is 355. The molecule has 0 bridgehead atoms. The van der Waals surface area contributed by atoms with E-state index in [0.29, 0.717) is 24.0 Å². The van der Waals surface area contributed by atoms with Gasteiger partial charge in [-0.3, -0.25) is 0 Å². The molecule has 1 aromatic carbocycles. The molecule has 0 spiro atoms. The number of hydrogen-bond acceptors (Lipinski definition) is 3. The number of ether oxygens (including phenoxy) is 3. The summed E-state index contributed by atoms with van der Waals surface area (Å²) >= 11 is 6.05. The normalized spacial score (nSPS) is 18.3. The van der Waals surface area contributed by atoms with E-state index in [1.165, 1.54) is 0 Å². The van der Waals surface area contributed by atoms with Gasteiger partial charge >= 0.3 is 0 Å². The van der Waals surface area contributed by atoms with E-state index in [9.17, 15) is 0 Å². The molecular weight excluding hydrogens is 216 g/mol. The summed E-state index contributed by atoms with van der Waals surface area (Å²) < 4.78 is 15.7. The van der Waals surface area contributed by atoms with Crippen LogP contribution < -0.4 is 4.74 Å². The quantitative estimate of drug-likeness (QED) is 0.794. The molecule has 0 aromatic heterocycles. The fourth-order valence-electron chi connectivity index (χ4n) is 1.64. The first-order chi connectivity index (χ1) is 7.22. The molecule has 4 heteroatoms. The maximum atomic E-state index is 6.05. The van der Waals surface area contributed by atoms with Crippen molar-refractivity contribution in [2.75, 3.05) is 27.4 Å². The van der Waals surface area contributed by atoms with Crippen LogP contribution in [0.25, 0.3) is 0 Å². The third-order valence-electron chi connectivity index (χ3n) is 2.74. The number of methoxy groups -OCH3 is 2. The van der Waals surface area contributed by atoms with Crippen LogP contribution in [-0.2, 0) is 15.1 Å². The van der Waals surface area contributed by atoms with Gasteiger partial charge in [-0.15, -0.1) is 0 Å².